The normalized spacial score (nSPS) is 16.6. The van der Waals surface area contributed by atoms with Gasteiger partial charge in [-0.3, -0.25) is 19.3 Å². The van der Waals surface area contributed by atoms with Gasteiger partial charge in [-0.25, -0.2) is 0 Å². The van der Waals surface area contributed by atoms with Crippen molar-refractivity contribution in [3.63, 3.8) is 0 Å². The fraction of sp³-hybridized carbons (Fsp3) is 0.207. The summed E-state index contributed by atoms with van der Waals surface area (Å²) in [7, 11) is 0. The topological polar surface area (TPSA) is 88.2 Å². The van der Waals surface area contributed by atoms with Gasteiger partial charge in [0.05, 0.1) is 29.5 Å². The lowest BCUT2D eigenvalue weighted by molar-refractivity contribution is -0.127. The van der Waals surface area contributed by atoms with Gasteiger partial charge in [0.2, 0.25) is 5.91 Å². The van der Waals surface area contributed by atoms with Gasteiger partial charge in [0.1, 0.15) is 18.9 Å². The number of rotatable bonds is 8. The second-order valence-electron chi connectivity index (χ2n) is 8.85. The summed E-state index contributed by atoms with van der Waals surface area (Å²) in [5, 5.41) is 2.96. The number of thioether (sulfide) groups is 1. The van der Waals surface area contributed by atoms with Gasteiger partial charge in [-0.1, -0.05) is 60.1 Å². The minimum atomic E-state index is -0.525. The van der Waals surface area contributed by atoms with E-state index in [1.165, 1.54) is 0 Å². The van der Waals surface area contributed by atoms with Crippen molar-refractivity contribution >= 4 is 57.9 Å². The molecular formula is C29H26ClN3O5S. The largest absolute Gasteiger partial charge is 0.488 e. The maximum absolute atomic E-state index is 13.1. The number of anilines is 2. The van der Waals surface area contributed by atoms with E-state index >= 15 is 0 Å². The molecule has 0 aromatic heterocycles. The van der Waals surface area contributed by atoms with Crippen molar-refractivity contribution in [2.75, 3.05) is 43.1 Å². The molecule has 0 aliphatic carbocycles. The van der Waals surface area contributed by atoms with Crippen LogP contribution >= 0.6 is 23.4 Å². The van der Waals surface area contributed by atoms with Crippen molar-refractivity contribution in [3.05, 3.63) is 93.9 Å². The van der Waals surface area contributed by atoms with Crippen LogP contribution in [0.4, 0.5) is 16.2 Å². The first-order chi connectivity index (χ1) is 19.0. The molecule has 0 spiro atoms. The highest BCUT2D eigenvalue weighted by Crippen LogP contribution is 2.34. The van der Waals surface area contributed by atoms with Crippen molar-refractivity contribution in [1.82, 2.24) is 4.90 Å². The average molecular weight is 564 g/mol. The minimum Gasteiger partial charge on any atom is -0.488 e. The first kappa shape index (κ1) is 26.8. The number of nitrogens with one attached hydrogen (secondary N) is 1. The molecule has 8 nitrogen and oxygen atoms in total. The highest BCUT2D eigenvalue weighted by atomic mass is 35.5. The van der Waals surface area contributed by atoms with Gasteiger partial charge in [0.15, 0.2) is 0 Å². The molecule has 0 unspecified atom stereocenters. The van der Waals surface area contributed by atoms with E-state index in [1.807, 2.05) is 48.5 Å². The second-order valence-corrected chi connectivity index (χ2v) is 10.3. The number of carbonyl (C=O) groups excluding carboxylic acids is 3. The van der Waals surface area contributed by atoms with E-state index < -0.39 is 17.1 Å². The Labute approximate surface area is 235 Å². The van der Waals surface area contributed by atoms with Crippen LogP contribution in [0.25, 0.3) is 6.08 Å². The van der Waals surface area contributed by atoms with Crippen molar-refractivity contribution < 1.29 is 23.9 Å². The van der Waals surface area contributed by atoms with Gasteiger partial charge in [0, 0.05) is 29.2 Å². The molecule has 3 aromatic carbocycles. The molecule has 0 bridgehead atoms. The van der Waals surface area contributed by atoms with Gasteiger partial charge in [-0.15, -0.1) is 0 Å². The zero-order valence-electron chi connectivity index (χ0n) is 21.0. The Hall–Kier alpha value is -3.79. The molecule has 3 aromatic rings. The summed E-state index contributed by atoms with van der Waals surface area (Å²) < 4.78 is 11.4. The number of para-hydroxylation sites is 3. The van der Waals surface area contributed by atoms with E-state index in [1.54, 1.807) is 30.3 Å². The number of hydrogen-bond acceptors (Lipinski definition) is 7. The molecule has 2 aliphatic heterocycles. The van der Waals surface area contributed by atoms with Crippen LogP contribution in [0.5, 0.6) is 5.75 Å². The number of imide groups is 1. The summed E-state index contributed by atoms with van der Waals surface area (Å²) in [5.74, 6) is -0.438. The van der Waals surface area contributed by atoms with E-state index in [9.17, 15) is 14.4 Å². The van der Waals surface area contributed by atoms with Crippen LogP contribution in [0.15, 0.2) is 77.7 Å². The Kier molecular flexibility index (Phi) is 8.51. The molecule has 200 valence electrons. The van der Waals surface area contributed by atoms with Crippen LogP contribution in [0.3, 0.4) is 0 Å². The number of morpholine rings is 1. The van der Waals surface area contributed by atoms with Crippen molar-refractivity contribution in [2.24, 2.45) is 0 Å². The molecule has 0 saturated carbocycles. The molecule has 2 fully saturated rings. The Morgan fingerprint density at radius 3 is 2.54 bits per heavy atom. The Balaban J connectivity index is 1.26. The molecule has 1 N–H and O–H groups in total. The molecular weight excluding hydrogens is 538 g/mol. The third kappa shape index (κ3) is 6.44. The van der Waals surface area contributed by atoms with Gasteiger partial charge in [0.25, 0.3) is 11.1 Å². The average Bonchev–Trinajstić information content (AvgIpc) is 3.21. The van der Waals surface area contributed by atoms with E-state index in [2.05, 4.69) is 10.2 Å². The van der Waals surface area contributed by atoms with Crippen LogP contribution in [0, 0.1) is 0 Å². The van der Waals surface area contributed by atoms with Gasteiger partial charge in [-0.05, 0) is 42.1 Å². The predicted molar refractivity (Wildman–Crippen MR) is 153 cm³/mol. The quantitative estimate of drug-likeness (QED) is 0.366. The Bertz CT molecular complexity index is 1420. The summed E-state index contributed by atoms with van der Waals surface area (Å²) in [6.45, 7) is 2.51. The number of carbonyl (C=O) groups is 3. The number of halogens is 1. The minimum absolute atomic E-state index is 0.218. The maximum atomic E-state index is 13.1. The Morgan fingerprint density at radius 1 is 1.00 bits per heavy atom. The number of nitrogens with zero attached hydrogens (tertiary/aromatic N) is 2. The number of ether oxygens (including phenoxy) is 2. The molecule has 3 amide bonds. The van der Waals surface area contributed by atoms with E-state index in [0.29, 0.717) is 48.3 Å². The van der Waals surface area contributed by atoms with Crippen molar-refractivity contribution in [2.45, 2.75) is 6.61 Å². The van der Waals surface area contributed by atoms with Gasteiger partial charge in [-0.2, -0.15) is 0 Å². The summed E-state index contributed by atoms with van der Waals surface area (Å²) in [6, 6.07) is 22.1. The SMILES string of the molecule is O=C(CN1C(=O)S/C(=C/c2ccccc2OCc2ccccc2Cl)C1=O)Nc1ccccc1N1CCOCC1. The third-order valence-electron chi connectivity index (χ3n) is 6.25. The van der Waals surface area contributed by atoms with Crippen LogP contribution in [0.1, 0.15) is 11.1 Å². The number of amides is 3. The van der Waals surface area contributed by atoms with Crippen LogP contribution in [0.2, 0.25) is 5.02 Å². The van der Waals surface area contributed by atoms with Crippen LogP contribution in [-0.2, 0) is 20.9 Å². The summed E-state index contributed by atoms with van der Waals surface area (Å²) >= 11 is 7.03. The lowest BCUT2D eigenvalue weighted by Gasteiger charge is -2.30. The molecule has 0 radical (unpaired) electrons. The second kappa shape index (κ2) is 12.4. The lowest BCUT2D eigenvalue weighted by atomic mass is 10.1. The highest BCUT2D eigenvalue weighted by Gasteiger charge is 2.36. The molecule has 2 heterocycles. The van der Waals surface area contributed by atoms with Crippen LogP contribution in [-0.4, -0.2) is 54.8 Å². The fourth-order valence-electron chi connectivity index (χ4n) is 4.27. The van der Waals surface area contributed by atoms with Gasteiger partial charge >= 0.3 is 0 Å². The van der Waals surface area contributed by atoms with E-state index in [0.717, 1.165) is 27.9 Å². The highest BCUT2D eigenvalue weighted by molar-refractivity contribution is 8.18. The number of hydrogen-bond donors (Lipinski definition) is 1. The van der Waals surface area contributed by atoms with Crippen molar-refractivity contribution in [1.29, 1.82) is 0 Å². The maximum Gasteiger partial charge on any atom is 0.294 e. The molecule has 0 atom stereocenters. The number of benzene rings is 3. The summed E-state index contributed by atoms with van der Waals surface area (Å²) in [6.07, 6.45) is 1.61. The standard InChI is InChI=1S/C29H26ClN3O5S/c30-22-9-3-1-8-21(22)19-38-25-12-6-2-7-20(25)17-26-28(35)33(29(36)39-26)18-27(34)31-23-10-4-5-11-24(23)32-13-15-37-16-14-32/h1-12,17H,13-16,18-19H2,(H,31,34)/b26-17+. The van der Waals surface area contributed by atoms with E-state index in [4.69, 9.17) is 21.1 Å². The lowest BCUT2D eigenvalue weighted by Crippen LogP contribution is -2.38. The summed E-state index contributed by atoms with van der Waals surface area (Å²) in [5.41, 5.74) is 2.96. The first-order valence-corrected chi connectivity index (χ1v) is 13.6. The summed E-state index contributed by atoms with van der Waals surface area (Å²) in [4.78, 5) is 42.0. The first-order valence-electron chi connectivity index (χ1n) is 12.4. The van der Waals surface area contributed by atoms with Crippen molar-refractivity contribution in [3.8, 4) is 5.75 Å². The smallest absolute Gasteiger partial charge is 0.294 e. The third-order valence-corrected chi connectivity index (χ3v) is 7.53. The molecule has 2 aliphatic rings. The molecule has 5 rings (SSSR count). The molecule has 10 heteroatoms. The Morgan fingerprint density at radius 2 is 1.72 bits per heavy atom. The molecule has 39 heavy (non-hydrogen) atoms. The molecule has 2 saturated heterocycles. The predicted octanol–water partition coefficient (Wildman–Crippen LogP) is 5.43. The zero-order chi connectivity index (χ0) is 27.2. The zero-order valence-corrected chi connectivity index (χ0v) is 22.5. The monoisotopic (exact) mass is 563 g/mol. The fourth-order valence-corrected chi connectivity index (χ4v) is 5.29. The van der Waals surface area contributed by atoms with Crippen LogP contribution < -0.4 is 15.0 Å². The van der Waals surface area contributed by atoms with Gasteiger partial charge < -0.3 is 19.7 Å². The van der Waals surface area contributed by atoms with E-state index in [-0.39, 0.29) is 18.1 Å².